The Balaban J connectivity index is 2.01. The van der Waals surface area contributed by atoms with E-state index in [-0.39, 0.29) is 38.4 Å². The van der Waals surface area contributed by atoms with Crippen LogP contribution in [0.3, 0.4) is 0 Å². The number of carbonyl (C=O) groups excluding carboxylic acids is 1. The molecule has 1 aromatic heterocycles. The number of nitrogens with zero attached hydrogens (tertiary/aromatic N) is 2. The smallest absolute Gasteiger partial charge is 0.339 e. The standard InChI is InChI=1S/C13H16F3N3O/c14-13(15,16)10-2-5-19(6-3-10)12(20)9-1-4-18-11(7-9)8-17/h1,4,7,10H,2-3,5-6,8,17H2. The third kappa shape index (κ3) is 3.27. The van der Waals surface area contributed by atoms with Gasteiger partial charge >= 0.3 is 6.18 Å². The topological polar surface area (TPSA) is 59.2 Å². The highest BCUT2D eigenvalue weighted by molar-refractivity contribution is 5.94. The van der Waals surface area contributed by atoms with Gasteiger partial charge in [-0.05, 0) is 25.0 Å². The van der Waals surface area contributed by atoms with Crippen molar-refractivity contribution in [3.8, 4) is 0 Å². The second-order valence-electron chi connectivity index (χ2n) is 4.85. The van der Waals surface area contributed by atoms with Crippen LogP contribution in [-0.2, 0) is 6.54 Å². The lowest BCUT2D eigenvalue weighted by atomic mass is 9.96. The van der Waals surface area contributed by atoms with E-state index in [4.69, 9.17) is 5.73 Å². The van der Waals surface area contributed by atoms with E-state index in [1.807, 2.05) is 0 Å². The van der Waals surface area contributed by atoms with Crippen molar-refractivity contribution in [1.82, 2.24) is 9.88 Å². The molecule has 1 aromatic rings. The van der Waals surface area contributed by atoms with E-state index in [1.165, 1.54) is 11.1 Å². The van der Waals surface area contributed by atoms with Gasteiger partial charge in [0.2, 0.25) is 0 Å². The summed E-state index contributed by atoms with van der Waals surface area (Å²) in [4.78, 5) is 17.6. The quantitative estimate of drug-likeness (QED) is 0.904. The van der Waals surface area contributed by atoms with Crippen LogP contribution in [0.5, 0.6) is 0 Å². The molecule has 0 saturated carbocycles. The fraction of sp³-hybridized carbons (Fsp3) is 0.538. The molecule has 2 N–H and O–H groups in total. The van der Waals surface area contributed by atoms with Crippen molar-refractivity contribution in [2.75, 3.05) is 13.1 Å². The number of rotatable bonds is 2. The van der Waals surface area contributed by atoms with E-state index in [9.17, 15) is 18.0 Å². The van der Waals surface area contributed by atoms with Crippen LogP contribution in [0.15, 0.2) is 18.3 Å². The van der Waals surface area contributed by atoms with E-state index in [0.717, 1.165) is 0 Å². The number of hydrogen-bond donors (Lipinski definition) is 1. The van der Waals surface area contributed by atoms with Gasteiger partial charge in [-0.15, -0.1) is 0 Å². The molecule has 4 nitrogen and oxygen atoms in total. The minimum atomic E-state index is -4.17. The Kier molecular flexibility index (Phi) is 4.27. The molecule has 0 radical (unpaired) electrons. The maximum absolute atomic E-state index is 12.6. The van der Waals surface area contributed by atoms with Crippen molar-refractivity contribution in [3.05, 3.63) is 29.6 Å². The van der Waals surface area contributed by atoms with Crippen LogP contribution < -0.4 is 5.73 Å². The van der Waals surface area contributed by atoms with Crippen molar-refractivity contribution in [1.29, 1.82) is 0 Å². The SMILES string of the molecule is NCc1cc(C(=O)N2CCC(C(F)(F)F)CC2)ccn1. The fourth-order valence-corrected chi connectivity index (χ4v) is 2.32. The summed E-state index contributed by atoms with van der Waals surface area (Å²) < 4.78 is 37.7. The monoisotopic (exact) mass is 287 g/mol. The van der Waals surface area contributed by atoms with Gasteiger partial charge in [0.25, 0.3) is 5.91 Å². The summed E-state index contributed by atoms with van der Waals surface area (Å²) in [5.74, 6) is -1.56. The van der Waals surface area contributed by atoms with Crippen LogP contribution in [0.2, 0.25) is 0 Å². The highest BCUT2D eigenvalue weighted by atomic mass is 19.4. The molecule has 0 bridgehead atoms. The Labute approximate surface area is 114 Å². The Hall–Kier alpha value is -1.63. The van der Waals surface area contributed by atoms with Gasteiger partial charge in [-0.2, -0.15) is 13.2 Å². The van der Waals surface area contributed by atoms with E-state index in [1.54, 1.807) is 12.1 Å². The molecule has 0 atom stereocenters. The minimum absolute atomic E-state index is 0.0376. The average molecular weight is 287 g/mol. The molecule has 1 saturated heterocycles. The van der Waals surface area contributed by atoms with Crippen molar-refractivity contribution in [2.45, 2.75) is 25.6 Å². The lowest BCUT2D eigenvalue weighted by Crippen LogP contribution is -2.42. The molecule has 2 rings (SSSR count). The largest absolute Gasteiger partial charge is 0.391 e. The maximum Gasteiger partial charge on any atom is 0.391 e. The first-order chi connectivity index (χ1) is 9.41. The first-order valence-corrected chi connectivity index (χ1v) is 6.43. The van der Waals surface area contributed by atoms with Gasteiger partial charge in [-0.1, -0.05) is 0 Å². The predicted molar refractivity (Wildman–Crippen MR) is 66.8 cm³/mol. The number of aromatic nitrogens is 1. The molecule has 1 fully saturated rings. The van der Waals surface area contributed by atoms with E-state index >= 15 is 0 Å². The Morgan fingerprint density at radius 3 is 2.60 bits per heavy atom. The summed E-state index contributed by atoms with van der Waals surface area (Å²) in [6.07, 6.45) is -2.76. The molecule has 0 unspecified atom stereocenters. The number of amides is 1. The van der Waals surface area contributed by atoms with Gasteiger partial charge in [-0.25, -0.2) is 0 Å². The van der Waals surface area contributed by atoms with Gasteiger partial charge < -0.3 is 10.6 Å². The molecule has 110 valence electrons. The van der Waals surface area contributed by atoms with Crippen LogP contribution in [-0.4, -0.2) is 35.1 Å². The summed E-state index contributed by atoms with van der Waals surface area (Å²) in [6, 6.07) is 3.13. The first kappa shape index (κ1) is 14.8. The third-order valence-electron chi connectivity index (χ3n) is 3.52. The molecular weight excluding hydrogens is 271 g/mol. The van der Waals surface area contributed by atoms with E-state index in [0.29, 0.717) is 11.3 Å². The summed E-state index contributed by atoms with van der Waals surface area (Å²) >= 11 is 0. The summed E-state index contributed by atoms with van der Waals surface area (Å²) in [6.45, 7) is 0.476. The van der Waals surface area contributed by atoms with Crippen molar-refractivity contribution in [3.63, 3.8) is 0 Å². The van der Waals surface area contributed by atoms with Gasteiger partial charge in [-0.3, -0.25) is 9.78 Å². The molecule has 20 heavy (non-hydrogen) atoms. The molecule has 0 aliphatic carbocycles. The molecule has 1 aliphatic heterocycles. The molecular formula is C13H16F3N3O. The zero-order chi connectivity index (χ0) is 14.8. The molecule has 7 heteroatoms. The minimum Gasteiger partial charge on any atom is -0.339 e. The number of pyridine rings is 1. The summed E-state index contributed by atoms with van der Waals surface area (Å²) in [5, 5.41) is 0. The Morgan fingerprint density at radius 2 is 2.05 bits per heavy atom. The van der Waals surface area contributed by atoms with E-state index in [2.05, 4.69) is 4.98 Å². The first-order valence-electron chi connectivity index (χ1n) is 6.43. The van der Waals surface area contributed by atoms with Gasteiger partial charge in [0.05, 0.1) is 11.6 Å². The zero-order valence-electron chi connectivity index (χ0n) is 10.9. The van der Waals surface area contributed by atoms with Gasteiger partial charge in [0.1, 0.15) is 0 Å². The van der Waals surface area contributed by atoms with Crippen LogP contribution in [0.25, 0.3) is 0 Å². The lowest BCUT2D eigenvalue weighted by Gasteiger charge is -2.33. The summed E-state index contributed by atoms with van der Waals surface area (Å²) in [5.41, 5.74) is 6.46. The Morgan fingerprint density at radius 1 is 1.40 bits per heavy atom. The molecule has 1 amide bonds. The summed E-state index contributed by atoms with van der Waals surface area (Å²) in [7, 11) is 0. The highest BCUT2D eigenvalue weighted by Gasteiger charge is 2.41. The highest BCUT2D eigenvalue weighted by Crippen LogP contribution is 2.34. The van der Waals surface area contributed by atoms with Crippen LogP contribution in [0, 0.1) is 5.92 Å². The molecule has 0 aromatic carbocycles. The van der Waals surface area contributed by atoms with E-state index < -0.39 is 12.1 Å². The fourth-order valence-electron chi connectivity index (χ4n) is 2.32. The molecule has 1 aliphatic rings. The number of piperidine rings is 1. The number of likely N-dealkylation sites (tertiary alicyclic amines) is 1. The van der Waals surface area contributed by atoms with Crippen molar-refractivity contribution in [2.24, 2.45) is 11.7 Å². The number of nitrogens with two attached hydrogens (primary N) is 1. The average Bonchev–Trinajstić information content (AvgIpc) is 2.46. The van der Waals surface area contributed by atoms with Gasteiger partial charge in [0, 0.05) is 31.4 Å². The number of carbonyl (C=O) groups is 1. The number of hydrogen-bond acceptors (Lipinski definition) is 3. The van der Waals surface area contributed by atoms with Crippen molar-refractivity contribution < 1.29 is 18.0 Å². The predicted octanol–water partition coefficient (Wildman–Crippen LogP) is 1.95. The van der Waals surface area contributed by atoms with Crippen LogP contribution in [0.1, 0.15) is 28.9 Å². The molecule has 0 spiro atoms. The second-order valence-corrected chi connectivity index (χ2v) is 4.85. The number of alkyl halides is 3. The normalized spacial score (nSPS) is 17.3. The molecule has 2 heterocycles. The second kappa shape index (κ2) is 5.78. The maximum atomic E-state index is 12.6. The zero-order valence-corrected chi connectivity index (χ0v) is 10.9. The Bertz CT molecular complexity index is 482. The van der Waals surface area contributed by atoms with Crippen LogP contribution >= 0.6 is 0 Å². The number of halogens is 3. The van der Waals surface area contributed by atoms with Gasteiger partial charge in [0.15, 0.2) is 0 Å². The van der Waals surface area contributed by atoms with Crippen LogP contribution in [0.4, 0.5) is 13.2 Å². The third-order valence-corrected chi connectivity index (χ3v) is 3.52. The lowest BCUT2D eigenvalue weighted by molar-refractivity contribution is -0.183. The van der Waals surface area contributed by atoms with Crippen molar-refractivity contribution >= 4 is 5.91 Å².